The summed E-state index contributed by atoms with van der Waals surface area (Å²) < 4.78 is 16.4. The lowest BCUT2D eigenvalue weighted by Crippen LogP contribution is -2.40. The zero-order valence-corrected chi connectivity index (χ0v) is 27.7. The molecule has 9 heteroatoms. The van der Waals surface area contributed by atoms with Gasteiger partial charge in [-0.3, -0.25) is 14.5 Å². The van der Waals surface area contributed by atoms with Crippen molar-refractivity contribution >= 4 is 23.2 Å². The average molecular weight is 642 g/mol. The van der Waals surface area contributed by atoms with Gasteiger partial charge in [-0.25, -0.2) is 4.98 Å². The van der Waals surface area contributed by atoms with Crippen LogP contribution in [0.15, 0.2) is 84.2 Å². The molecular formula is C37H43N3O5S. The Bertz CT molecular complexity index is 1510. The number of aromatic nitrogens is 1. The number of hydrogen-bond acceptors (Lipinski definition) is 8. The molecule has 5 rings (SSSR count). The fraction of sp³-hybridized carbons (Fsp3) is 0.378. The molecule has 0 saturated carbocycles. The van der Waals surface area contributed by atoms with E-state index in [2.05, 4.69) is 65.6 Å². The molecule has 0 radical (unpaired) electrons. The molecule has 0 N–H and O–H groups in total. The maximum atomic E-state index is 13.4. The van der Waals surface area contributed by atoms with Gasteiger partial charge in [0.05, 0.1) is 33.3 Å². The molecule has 1 aliphatic rings. The van der Waals surface area contributed by atoms with Gasteiger partial charge in [-0.1, -0.05) is 66.7 Å². The number of carbonyl (C=O) groups is 2. The van der Waals surface area contributed by atoms with E-state index in [1.807, 2.05) is 30.5 Å². The first-order chi connectivity index (χ1) is 22.5. The highest BCUT2D eigenvalue weighted by molar-refractivity contribution is 7.09. The smallest absolute Gasteiger partial charge is 0.309 e. The third-order valence-corrected chi connectivity index (χ3v) is 9.39. The largest absolute Gasteiger partial charge is 0.497 e. The summed E-state index contributed by atoms with van der Waals surface area (Å²) in [6, 6.07) is 27.2. The molecule has 46 heavy (non-hydrogen) atoms. The average Bonchev–Trinajstić information content (AvgIpc) is 3.57. The van der Waals surface area contributed by atoms with Gasteiger partial charge in [-0.05, 0) is 49.9 Å². The molecule has 1 aromatic heterocycles. The third-order valence-electron chi connectivity index (χ3n) is 8.56. The van der Waals surface area contributed by atoms with Crippen molar-refractivity contribution in [1.29, 1.82) is 0 Å². The Labute approximate surface area is 275 Å². The summed E-state index contributed by atoms with van der Waals surface area (Å²) in [5, 5.41) is 2.74. The van der Waals surface area contributed by atoms with Crippen LogP contribution in [0.5, 0.6) is 11.5 Å². The number of nitrogens with zero attached hydrogens (tertiary/aromatic N) is 3. The predicted octanol–water partition coefficient (Wildman–Crippen LogP) is 6.80. The number of carbonyl (C=O) groups excluding carboxylic acids is 2. The number of methoxy groups -OCH3 is 2. The molecule has 8 nitrogen and oxygen atoms in total. The molecule has 3 aromatic carbocycles. The highest BCUT2D eigenvalue weighted by Crippen LogP contribution is 2.31. The van der Waals surface area contributed by atoms with Crippen LogP contribution in [0.2, 0.25) is 0 Å². The molecule has 2 heterocycles. The van der Waals surface area contributed by atoms with E-state index in [1.165, 1.54) is 22.5 Å². The molecule has 0 unspecified atom stereocenters. The second-order valence-electron chi connectivity index (χ2n) is 11.5. The Morgan fingerprint density at radius 2 is 1.61 bits per heavy atom. The van der Waals surface area contributed by atoms with Crippen LogP contribution in [0.25, 0.3) is 0 Å². The normalized spacial score (nSPS) is 13.6. The maximum Gasteiger partial charge on any atom is 0.309 e. The van der Waals surface area contributed by atoms with Crippen LogP contribution in [0.4, 0.5) is 0 Å². The lowest BCUT2D eigenvalue weighted by atomic mass is 9.88. The molecule has 1 aliphatic heterocycles. The van der Waals surface area contributed by atoms with Crippen molar-refractivity contribution in [3.05, 3.63) is 112 Å². The van der Waals surface area contributed by atoms with Gasteiger partial charge in [0.25, 0.3) is 5.91 Å². The topological polar surface area (TPSA) is 81.2 Å². The summed E-state index contributed by atoms with van der Waals surface area (Å²) in [5.74, 6) is 1.35. The van der Waals surface area contributed by atoms with Crippen LogP contribution in [-0.2, 0) is 22.6 Å². The summed E-state index contributed by atoms with van der Waals surface area (Å²) in [5.41, 5.74) is 4.08. The van der Waals surface area contributed by atoms with Crippen molar-refractivity contribution in [2.45, 2.75) is 45.2 Å². The van der Waals surface area contributed by atoms with Gasteiger partial charge in [0.1, 0.15) is 22.2 Å². The van der Waals surface area contributed by atoms with E-state index in [0.717, 1.165) is 35.0 Å². The number of benzene rings is 3. The van der Waals surface area contributed by atoms with Crippen molar-refractivity contribution in [3.63, 3.8) is 0 Å². The van der Waals surface area contributed by atoms with Gasteiger partial charge in [-0.15, -0.1) is 11.3 Å². The second-order valence-corrected chi connectivity index (χ2v) is 12.4. The number of rotatable bonds is 14. The monoisotopic (exact) mass is 641 g/mol. The molecule has 0 aliphatic carbocycles. The van der Waals surface area contributed by atoms with Crippen LogP contribution in [0, 0.1) is 5.92 Å². The number of thiazole rings is 1. The van der Waals surface area contributed by atoms with Gasteiger partial charge >= 0.3 is 5.97 Å². The molecule has 4 aromatic rings. The highest BCUT2D eigenvalue weighted by atomic mass is 32.1. The Kier molecular flexibility index (Phi) is 11.8. The molecular weight excluding hydrogens is 598 g/mol. The zero-order chi connectivity index (χ0) is 32.3. The van der Waals surface area contributed by atoms with Gasteiger partial charge in [0.15, 0.2) is 0 Å². The van der Waals surface area contributed by atoms with Crippen LogP contribution in [0.3, 0.4) is 0 Å². The first-order valence-corrected chi connectivity index (χ1v) is 16.8. The first kappa shape index (κ1) is 33.2. The van der Waals surface area contributed by atoms with Crippen LogP contribution >= 0.6 is 11.3 Å². The van der Waals surface area contributed by atoms with E-state index >= 15 is 0 Å². The quantitative estimate of drug-likeness (QED) is 0.140. The van der Waals surface area contributed by atoms with Crippen LogP contribution in [-0.4, -0.2) is 67.1 Å². The van der Waals surface area contributed by atoms with Crippen LogP contribution in [0.1, 0.15) is 64.3 Å². The lowest BCUT2D eigenvalue weighted by molar-refractivity contribution is -0.149. The minimum Gasteiger partial charge on any atom is -0.497 e. The van der Waals surface area contributed by atoms with Gasteiger partial charge in [-0.2, -0.15) is 0 Å². The van der Waals surface area contributed by atoms with E-state index < -0.39 is 0 Å². The standard InChI is InChI=1S/C37H43N3O5S/c1-4-45-37(42)29-17-21-40(22-18-29)36(41)33-26-46-35(38-33)25-39(24-30-15-16-31(43-2)23-34(30)44-3)20-19-32(27-11-7-5-8-12-27)28-13-9-6-10-14-28/h5-16,23,26,29,32H,4,17-22,24-25H2,1-3H3. The highest BCUT2D eigenvalue weighted by Gasteiger charge is 2.29. The molecule has 0 atom stereocenters. The molecule has 0 spiro atoms. The van der Waals surface area contributed by atoms with Crippen molar-refractivity contribution in [3.8, 4) is 11.5 Å². The van der Waals surface area contributed by atoms with E-state index in [0.29, 0.717) is 51.3 Å². The molecule has 242 valence electrons. The summed E-state index contributed by atoms with van der Waals surface area (Å²) in [6.07, 6.45) is 2.13. The van der Waals surface area contributed by atoms with Gasteiger partial charge in [0, 0.05) is 42.6 Å². The minimum atomic E-state index is -0.166. The zero-order valence-electron chi connectivity index (χ0n) is 26.9. The third kappa shape index (κ3) is 8.53. The number of likely N-dealkylation sites (tertiary alicyclic amines) is 1. The fourth-order valence-electron chi connectivity index (χ4n) is 6.06. The first-order valence-electron chi connectivity index (χ1n) is 15.9. The molecule has 1 amide bonds. The van der Waals surface area contributed by atoms with Gasteiger partial charge < -0.3 is 19.1 Å². The number of esters is 1. The van der Waals surface area contributed by atoms with Crippen molar-refractivity contribution < 1.29 is 23.8 Å². The second kappa shape index (κ2) is 16.4. The summed E-state index contributed by atoms with van der Waals surface area (Å²) in [7, 11) is 3.33. The SMILES string of the molecule is CCOC(=O)C1CCN(C(=O)c2csc(CN(CCC(c3ccccc3)c3ccccc3)Cc3ccc(OC)cc3OC)n2)CC1. The Balaban J connectivity index is 1.33. The Hall–Kier alpha value is -4.21. The summed E-state index contributed by atoms with van der Waals surface area (Å²) in [4.78, 5) is 34.5. The van der Waals surface area contributed by atoms with Gasteiger partial charge in [0.2, 0.25) is 0 Å². The molecule has 1 fully saturated rings. The van der Waals surface area contributed by atoms with Crippen LogP contribution < -0.4 is 9.47 Å². The summed E-state index contributed by atoms with van der Waals surface area (Å²) >= 11 is 1.51. The van der Waals surface area contributed by atoms with Crippen molar-refractivity contribution in [1.82, 2.24) is 14.8 Å². The van der Waals surface area contributed by atoms with Crippen molar-refractivity contribution in [2.75, 3.05) is 40.5 Å². The number of piperidine rings is 1. The molecule has 1 saturated heterocycles. The van der Waals surface area contributed by atoms with Crippen molar-refractivity contribution in [2.24, 2.45) is 5.92 Å². The number of hydrogen-bond donors (Lipinski definition) is 0. The molecule has 0 bridgehead atoms. The fourth-order valence-corrected chi connectivity index (χ4v) is 6.87. The predicted molar refractivity (Wildman–Crippen MR) is 180 cm³/mol. The maximum absolute atomic E-state index is 13.4. The minimum absolute atomic E-state index is 0.0820. The number of amides is 1. The lowest BCUT2D eigenvalue weighted by Gasteiger charge is -2.30. The Morgan fingerprint density at radius 3 is 2.22 bits per heavy atom. The van der Waals surface area contributed by atoms with E-state index in [1.54, 1.807) is 19.1 Å². The summed E-state index contributed by atoms with van der Waals surface area (Å²) in [6.45, 7) is 5.28. The number of ether oxygens (including phenoxy) is 3. The Morgan fingerprint density at radius 1 is 0.935 bits per heavy atom. The van der Waals surface area contributed by atoms with E-state index in [-0.39, 0.29) is 23.7 Å². The van der Waals surface area contributed by atoms with E-state index in [4.69, 9.17) is 19.2 Å². The van der Waals surface area contributed by atoms with E-state index in [9.17, 15) is 9.59 Å².